The second-order valence-corrected chi connectivity index (χ2v) is 8.18. The summed E-state index contributed by atoms with van der Waals surface area (Å²) >= 11 is 0. The predicted octanol–water partition coefficient (Wildman–Crippen LogP) is 2.59. The van der Waals surface area contributed by atoms with E-state index in [0.29, 0.717) is 12.8 Å². The van der Waals surface area contributed by atoms with Gasteiger partial charge in [-0.1, -0.05) is 68.4 Å². The summed E-state index contributed by atoms with van der Waals surface area (Å²) in [7, 11) is 0. The first kappa shape index (κ1) is 20.5. The Kier molecular flexibility index (Phi) is 6.18. The lowest BCUT2D eigenvalue weighted by molar-refractivity contribution is -0.143. The molecule has 4 N–H and O–H groups in total. The molecule has 150 valence electrons. The Labute approximate surface area is 166 Å². The number of rotatable bonds is 9. The smallest absolute Gasteiger partial charge is 0.324 e. The Morgan fingerprint density at radius 2 is 1.61 bits per heavy atom. The number of benzene rings is 2. The lowest BCUT2D eigenvalue weighted by atomic mass is 9.98. The number of aliphatic hydroxyl groups excluding tert-OH is 1. The van der Waals surface area contributed by atoms with E-state index in [1.54, 1.807) is 0 Å². The molecule has 3 rings (SSSR count). The van der Waals surface area contributed by atoms with E-state index in [4.69, 9.17) is 0 Å². The average molecular weight is 383 g/mol. The van der Waals surface area contributed by atoms with Crippen LogP contribution in [-0.4, -0.2) is 39.2 Å². The molecule has 5 nitrogen and oxygen atoms in total. The molecule has 0 bridgehead atoms. The molecule has 0 aromatic heterocycles. The average Bonchev–Trinajstić information content (AvgIpc) is 3.40. The molecule has 0 heterocycles. The van der Waals surface area contributed by atoms with Gasteiger partial charge in [0.1, 0.15) is 5.54 Å². The highest BCUT2D eigenvalue weighted by molar-refractivity contribution is 5.83. The van der Waals surface area contributed by atoms with Gasteiger partial charge in [0, 0.05) is 0 Å². The zero-order chi connectivity index (χ0) is 20.3. The molecule has 1 aliphatic rings. The normalized spacial score (nSPS) is 22.4. The number of aliphatic hydroxyl groups is 2. The van der Waals surface area contributed by atoms with Gasteiger partial charge in [0.15, 0.2) is 6.29 Å². The van der Waals surface area contributed by atoms with Gasteiger partial charge in [0.2, 0.25) is 0 Å². The van der Waals surface area contributed by atoms with Crippen molar-refractivity contribution in [3.05, 3.63) is 71.3 Å². The maximum Gasteiger partial charge on any atom is 0.324 e. The second-order valence-electron chi connectivity index (χ2n) is 8.18. The molecule has 2 aromatic carbocycles. The standard InChI is InChI=1S/C23H29NO4/c1-15(2)19-14-23(19,22(27)28)24-20(21(25)26)13-18-10-8-17(9-11-18)12-16-6-4-3-5-7-16/h3-11,15,19-21,24-26H,12-14H2,1-2H3,(H,27,28)/t19?,20-,23?/m0/s1. The van der Waals surface area contributed by atoms with Crippen molar-refractivity contribution in [2.45, 2.75) is 51.0 Å². The van der Waals surface area contributed by atoms with Crippen molar-refractivity contribution in [2.75, 3.05) is 0 Å². The number of carboxylic acid groups (broad SMARTS) is 1. The topological polar surface area (TPSA) is 89.8 Å². The highest BCUT2D eigenvalue weighted by atomic mass is 16.5. The van der Waals surface area contributed by atoms with Crippen molar-refractivity contribution in [3.8, 4) is 0 Å². The Bertz CT molecular complexity index is 788. The molecule has 1 saturated carbocycles. The summed E-state index contributed by atoms with van der Waals surface area (Å²) in [5, 5.41) is 32.4. The van der Waals surface area contributed by atoms with Gasteiger partial charge in [-0.2, -0.15) is 0 Å². The minimum Gasteiger partial charge on any atom is -0.480 e. The van der Waals surface area contributed by atoms with E-state index in [1.807, 2.05) is 56.3 Å². The van der Waals surface area contributed by atoms with Gasteiger partial charge in [0.25, 0.3) is 0 Å². The van der Waals surface area contributed by atoms with Gasteiger partial charge in [-0.3, -0.25) is 10.1 Å². The fourth-order valence-corrected chi connectivity index (χ4v) is 4.01. The molecule has 1 fully saturated rings. The van der Waals surface area contributed by atoms with Crippen LogP contribution in [0.4, 0.5) is 0 Å². The first-order valence-electron chi connectivity index (χ1n) is 9.81. The summed E-state index contributed by atoms with van der Waals surface area (Å²) in [5.74, 6) is -0.702. The summed E-state index contributed by atoms with van der Waals surface area (Å²) < 4.78 is 0. The van der Waals surface area contributed by atoms with Crippen molar-refractivity contribution in [2.24, 2.45) is 11.8 Å². The van der Waals surface area contributed by atoms with Gasteiger partial charge in [-0.25, -0.2) is 0 Å². The molecule has 0 spiro atoms. The largest absolute Gasteiger partial charge is 0.480 e. The summed E-state index contributed by atoms with van der Waals surface area (Å²) in [4.78, 5) is 11.8. The minimum absolute atomic E-state index is 0.000464. The molecular formula is C23H29NO4. The number of carboxylic acids is 1. The van der Waals surface area contributed by atoms with E-state index in [2.05, 4.69) is 17.4 Å². The van der Waals surface area contributed by atoms with Crippen molar-refractivity contribution in [1.82, 2.24) is 5.32 Å². The number of carbonyl (C=O) groups is 1. The molecule has 2 unspecified atom stereocenters. The van der Waals surface area contributed by atoms with Gasteiger partial charge in [0.05, 0.1) is 6.04 Å². The van der Waals surface area contributed by atoms with Crippen LogP contribution in [0, 0.1) is 11.8 Å². The van der Waals surface area contributed by atoms with Crippen LogP contribution in [0.25, 0.3) is 0 Å². The molecule has 5 heteroatoms. The highest BCUT2D eigenvalue weighted by Gasteiger charge is 2.62. The number of nitrogens with one attached hydrogen (secondary N) is 1. The van der Waals surface area contributed by atoms with Crippen LogP contribution in [0.3, 0.4) is 0 Å². The SMILES string of the molecule is CC(C)C1CC1(N[C@@H](Cc1ccc(Cc2ccccc2)cc1)C(O)O)C(=O)O. The third-order valence-corrected chi connectivity index (χ3v) is 5.73. The fraction of sp³-hybridized carbons (Fsp3) is 0.435. The number of aliphatic carboxylic acids is 1. The van der Waals surface area contributed by atoms with Gasteiger partial charge in [-0.15, -0.1) is 0 Å². The first-order chi connectivity index (χ1) is 13.3. The summed E-state index contributed by atoms with van der Waals surface area (Å²) in [6, 6.07) is 17.5. The molecular weight excluding hydrogens is 354 g/mol. The van der Waals surface area contributed by atoms with Crippen LogP contribution < -0.4 is 5.32 Å². The molecule has 0 amide bonds. The van der Waals surface area contributed by atoms with Gasteiger partial charge in [-0.05, 0) is 47.8 Å². The van der Waals surface area contributed by atoms with Crippen molar-refractivity contribution < 1.29 is 20.1 Å². The molecule has 0 aliphatic heterocycles. The van der Waals surface area contributed by atoms with Crippen LogP contribution in [0.2, 0.25) is 0 Å². The van der Waals surface area contributed by atoms with Crippen LogP contribution >= 0.6 is 0 Å². The van der Waals surface area contributed by atoms with E-state index < -0.39 is 23.8 Å². The maximum absolute atomic E-state index is 11.8. The lowest BCUT2D eigenvalue weighted by Gasteiger charge is -2.26. The monoisotopic (exact) mass is 383 g/mol. The zero-order valence-corrected chi connectivity index (χ0v) is 16.4. The number of hydrogen-bond acceptors (Lipinski definition) is 4. The Morgan fingerprint density at radius 3 is 2.11 bits per heavy atom. The third kappa shape index (κ3) is 4.61. The predicted molar refractivity (Wildman–Crippen MR) is 108 cm³/mol. The summed E-state index contributed by atoms with van der Waals surface area (Å²) in [6.45, 7) is 3.99. The first-order valence-corrected chi connectivity index (χ1v) is 9.81. The van der Waals surface area contributed by atoms with Crippen LogP contribution in [0.5, 0.6) is 0 Å². The Morgan fingerprint density at radius 1 is 1.04 bits per heavy atom. The highest BCUT2D eigenvalue weighted by Crippen LogP contribution is 2.49. The van der Waals surface area contributed by atoms with Crippen LogP contribution in [-0.2, 0) is 17.6 Å². The van der Waals surface area contributed by atoms with E-state index in [0.717, 1.165) is 12.0 Å². The lowest BCUT2D eigenvalue weighted by Crippen LogP contribution is -2.53. The van der Waals surface area contributed by atoms with Gasteiger partial charge >= 0.3 is 5.97 Å². The molecule has 1 aliphatic carbocycles. The Hall–Kier alpha value is -2.21. The van der Waals surface area contributed by atoms with E-state index in [9.17, 15) is 20.1 Å². The molecule has 0 saturated heterocycles. The molecule has 28 heavy (non-hydrogen) atoms. The molecule has 0 radical (unpaired) electrons. The van der Waals surface area contributed by atoms with E-state index >= 15 is 0 Å². The van der Waals surface area contributed by atoms with Crippen LogP contribution in [0.1, 0.15) is 37.0 Å². The molecule has 3 atom stereocenters. The zero-order valence-electron chi connectivity index (χ0n) is 16.4. The summed E-state index contributed by atoms with van der Waals surface area (Å²) in [6.07, 6.45) is 0.0695. The summed E-state index contributed by atoms with van der Waals surface area (Å²) in [5.41, 5.74) is 2.28. The van der Waals surface area contributed by atoms with Crippen molar-refractivity contribution >= 4 is 5.97 Å². The number of hydrogen-bond donors (Lipinski definition) is 4. The maximum atomic E-state index is 11.8. The fourth-order valence-electron chi connectivity index (χ4n) is 4.01. The van der Waals surface area contributed by atoms with Crippen LogP contribution in [0.15, 0.2) is 54.6 Å². The minimum atomic E-state index is -1.63. The van der Waals surface area contributed by atoms with Gasteiger partial charge < -0.3 is 15.3 Å². The van der Waals surface area contributed by atoms with E-state index in [-0.39, 0.29) is 11.8 Å². The van der Waals surface area contributed by atoms with E-state index in [1.165, 1.54) is 11.1 Å². The third-order valence-electron chi connectivity index (χ3n) is 5.73. The quantitative estimate of drug-likeness (QED) is 0.500. The van der Waals surface area contributed by atoms with Crippen molar-refractivity contribution in [3.63, 3.8) is 0 Å². The molecule has 2 aromatic rings. The van der Waals surface area contributed by atoms with Crippen molar-refractivity contribution in [1.29, 1.82) is 0 Å². The second kappa shape index (κ2) is 8.43. The Balaban J connectivity index is 1.67.